The van der Waals surface area contributed by atoms with Gasteiger partial charge in [0.25, 0.3) is 0 Å². The lowest BCUT2D eigenvalue weighted by atomic mass is 10.3. The molecule has 0 saturated carbocycles. The van der Waals surface area contributed by atoms with Gasteiger partial charge in [0, 0.05) is 5.38 Å². The zero-order valence-corrected chi connectivity index (χ0v) is 11.0. The predicted molar refractivity (Wildman–Crippen MR) is 68.6 cm³/mol. The summed E-state index contributed by atoms with van der Waals surface area (Å²) in [4.78, 5) is 19.8. The number of nitrogens with zero attached hydrogens (tertiary/aromatic N) is 2. The maximum atomic E-state index is 11.6. The smallest absolute Gasteiger partial charge is 0.323 e. The minimum absolute atomic E-state index is 0.156. The predicted octanol–water partition coefficient (Wildman–Crippen LogP) is 2.58. The fraction of sp³-hybridized carbons (Fsp3) is 0.364. The number of urea groups is 1. The van der Waals surface area contributed by atoms with Crippen LogP contribution in [0.15, 0.2) is 22.3 Å². The Morgan fingerprint density at radius 3 is 3.06 bits per heavy atom. The normalized spacial score (nSPS) is 12.1. The van der Waals surface area contributed by atoms with E-state index < -0.39 is 0 Å². The van der Waals surface area contributed by atoms with Crippen molar-refractivity contribution in [3.05, 3.63) is 28.5 Å². The Hall–Kier alpha value is -1.89. The number of carbonyl (C=O) groups excluding carboxylic acids is 1. The Balaban J connectivity index is 1.90. The van der Waals surface area contributed by atoms with Crippen molar-refractivity contribution in [3.63, 3.8) is 0 Å². The maximum absolute atomic E-state index is 11.6. The first-order chi connectivity index (χ1) is 8.69. The number of aryl methyl sites for hydroxylation is 1. The van der Waals surface area contributed by atoms with Gasteiger partial charge >= 0.3 is 12.0 Å². The van der Waals surface area contributed by atoms with Crippen LogP contribution in [0.3, 0.4) is 0 Å². The Morgan fingerprint density at radius 2 is 2.44 bits per heavy atom. The quantitative estimate of drug-likeness (QED) is 0.891. The van der Waals surface area contributed by atoms with E-state index in [1.807, 2.05) is 12.3 Å². The van der Waals surface area contributed by atoms with Gasteiger partial charge in [0.1, 0.15) is 6.26 Å². The number of thiazole rings is 1. The second kappa shape index (κ2) is 5.63. The van der Waals surface area contributed by atoms with Crippen molar-refractivity contribution in [3.8, 4) is 0 Å². The minimum Gasteiger partial charge on any atom is -0.432 e. The van der Waals surface area contributed by atoms with E-state index in [-0.39, 0.29) is 18.1 Å². The number of amides is 2. The molecule has 2 aromatic rings. The Kier molecular flexibility index (Phi) is 3.93. The Bertz CT molecular complexity index is 509. The van der Waals surface area contributed by atoms with Gasteiger partial charge in [0.05, 0.1) is 22.9 Å². The molecule has 2 heterocycles. The lowest BCUT2D eigenvalue weighted by Gasteiger charge is -2.10. The number of rotatable bonds is 4. The van der Waals surface area contributed by atoms with Crippen LogP contribution < -0.4 is 10.6 Å². The van der Waals surface area contributed by atoms with Crippen molar-refractivity contribution < 1.29 is 9.21 Å². The lowest BCUT2D eigenvalue weighted by Crippen LogP contribution is -2.31. The fourth-order valence-electron chi connectivity index (χ4n) is 1.38. The number of carbonyl (C=O) groups is 1. The summed E-state index contributed by atoms with van der Waals surface area (Å²) in [5.41, 5.74) is 0.861. The van der Waals surface area contributed by atoms with Gasteiger partial charge in [-0.3, -0.25) is 5.32 Å². The van der Waals surface area contributed by atoms with Gasteiger partial charge in [-0.2, -0.15) is 0 Å². The van der Waals surface area contributed by atoms with Crippen LogP contribution >= 0.6 is 11.3 Å². The molecule has 0 bridgehead atoms. The summed E-state index contributed by atoms with van der Waals surface area (Å²) in [5, 5.41) is 8.27. The molecule has 0 aliphatic heterocycles. The number of oxazole rings is 1. The highest BCUT2D eigenvalue weighted by Gasteiger charge is 2.13. The zero-order valence-electron chi connectivity index (χ0n) is 10.1. The summed E-state index contributed by atoms with van der Waals surface area (Å²) in [6, 6.07) is -0.347. The van der Waals surface area contributed by atoms with Crippen LogP contribution in [0.1, 0.15) is 30.6 Å². The van der Waals surface area contributed by atoms with Crippen molar-refractivity contribution in [2.75, 3.05) is 5.32 Å². The van der Waals surface area contributed by atoms with Gasteiger partial charge in [-0.05, 0) is 13.3 Å². The SMILES string of the molecule is CCc1nc(C(C)NC(=O)Nc2ncco2)cs1. The minimum atomic E-state index is -0.365. The van der Waals surface area contributed by atoms with Gasteiger partial charge in [0.2, 0.25) is 0 Å². The number of hydrogen-bond acceptors (Lipinski definition) is 5. The number of anilines is 1. The fourth-order valence-corrected chi connectivity index (χ4v) is 2.21. The van der Waals surface area contributed by atoms with Crippen molar-refractivity contribution in [1.29, 1.82) is 0 Å². The van der Waals surface area contributed by atoms with E-state index in [0.717, 1.165) is 17.1 Å². The first-order valence-corrected chi connectivity index (χ1v) is 6.48. The third kappa shape index (κ3) is 3.07. The molecule has 7 heteroatoms. The molecule has 18 heavy (non-hydrogen) atoms. The number of aromatic nitrogens is 2. The standard InChI is InChI=1S/C11H14N4O2S/c1-3-9-14-8(6-18-9)7(2)13-10(16)15-11-12-4-5-17-11/h4-7H,3H2,1-2H3,(H2,12,13,15,16). The molecule has 1 unspecified atom stereocenters. The molecule has 1 atom stereocenters. The van der Waals surface area contributed by atoms with Crippen LogP contribution in [0.4, 0.5) is 10.8 Å². The number of hydrogen-bond donors (Lipinski definition) is 2. The van der Waals surface area contributed by atoms with Gasteiger partial charge < -0.3 is 9.73 Å². The second-order valence-corrected chi connectivity index (χ2v) is 4.62. The van der Waals surface area contributed by atoms with Crippen LogP contribution in [0.2, 0.25) is 0 Å². The molecule has 96 valence electrons. The molecule has 0 aliphatic carbocycles. The van der Waals surface area contributed by atoms with E-state index in [0.29, 0.717) is 0 Å². The highest BCUT2D eigenvalue weighted by molar-refractivity contribution is 7.09. The molecule has 0 aromatic carbocycles. The molecule has 0 fully saturated rings. The van der Waals surface area contributed by atoms with Crippen molar-refractivity contribution >= 4 is 23.4 Å². The summed E-state index contributed by atoms with van der Waals surface area (Å²) in [6.07, 6.45) is 3.76. The summed E-state index contributed by atoms with van der Waals surface area (Å²) in [7, 11) is 0. The average Bonchev–Trinajstić information content (AvgIpc) is 2.98. The van der Waals surface area contributed by atoms with Crippen molar-refractivity contribution in [2.45, 2.75) is 26.3 Å². The average molecular weight is 266 g/mol. The van der Waals surface area contributed by atoms with Crippen molar-refractivity contribution in [2.24, 2.45) is 0 Å². The van der Waals surface area contributed by atoms with Crippen LogP contribution in [0, 0.1) is 0 Å². The molecule has 0 aliphatic rings. The summed E-state index contributed by atoms with van der Waals surface area (Å²) in [6.45, 7) is 3.93. The summed E-state index contributed by atoms with van der Waals surface area (Å²) in [5.74, 6) is 0. The maximum Gasteiger partial charge on any atom is 0.323 e. The van der Waals surface area contributed by atoms with E-state index >= 15 is 0 Å². The molecule has 0 saturated heterocycles. The lowest BCUT2D eigenvalue weighted by molar-refractivity contribution is 0.248. The van der Waals surface area contributed by atoms with E-state index in [1.54, 1.807) is 11.3 Å². The topological polar surface area (TPSA) is 80.0 Å². The Morgan fingerprint density at radius 1 is 1.61 bits per heavy atom. The van der Waals surface area contributed by atoms with Crippen LogP contribution in [-0.4, -0.2) is 16.0 Å². The van der Waals surface area contributed by atoms with Crippen LogP contribution in [0.5, 0.6) is 0 Å². The highest BCUT2D eigenvalue weighted by Crippen LogP contribution is 2.16. The molecule has 2 aromatic heterocycles. The van der Waals surface area contributed by atoms with E-state index in [2.05, 4.69) is 27.5 Å². The zero-order chi connectivity index (χ0) is 13.0. The van der Waals surface area contributed by atoms with Gasteiger partial charge in [-0.1, -0.05) is 6.92 Å². The first-order valence-electron chi connectivity index (χ1n) is 5.60. The molecule has 0 spiro atoms. The van der Waals surface area contributed by atoms with E-state index in [1.165, 1.54) is 12.5 Å². The molecule has 2 rings (SSSR count). The molecule has 0 radical (unpaired) electrons. The van der Waals surface area contributed by atoms with E-state index in [4.69, 9.17) is 4.42 Å². The monoisotopic (exact) mass is 266 g/mol. The molecular formula is C11H14N4O2S. The summed E-state index contributed by atoms with van der Waals surface area (Å²) < 4.78 is 4.92. The summed E-state index contributed by atoms with van der Waals surface area (Å²) >= 11 is 1.60. The van der Waals surface area contributed by atoms with Crippen LogP contribution in [0.25, 0.3) is 0 Å². The van der Waals surface area contributed by atoms with Crippen molar-refractivity contribution in [1.82, 2.24) is 15.3 Å². The molecule has 6 nitrogen and oxygen atoms in total. The first kappa shape index (κ1) is 12.6. The van der Waals surface area contributed by atoms with Crippen LogP contribution in [-0.2, 0) is 6.42 Å². The van der Waals surface area contributed by atoms with Gasteiger partial charge in [-0.25, -0.2) is 14.8 Å². The van der Waals surface area contributed by atoms with Gasteiger partial charge in [-0.15, -0.1) is 11.3 Å². The molecule has 2 N–H and O–H groups in total. The van der Waals surface area contributed by atoms with E-state index in [9.17, 15) is 4.79 Å². The number of nitrogens with one attached hydrogen (secondary N) is 2. The third-order valence-corrected chi connectivity index (χ3v) is 3.33. The Labute approximate surface area is 108 Å². The largest absolute Gasteiger partial charge is 0.432 e. The molecular weight excluding hydrogens is 252 g/mol. The highest BCUT2D eigenvalue weighted by atomic mass is 32.1. The molecule has 2 amide bonds. The van der Waals surface area contributed by atoms with Gasteiger partial charge in [0.15, 0.2) is 0 Å². The second-order valence-electron chi connectivity index (χ2n) is 3.68. The third-order valence-electron chi connectivity index (χ3n) is 2.32.